The fourth-order valence-electron chi connectivity index (χ4n) is 1.62. The molecule has 1 N–H and O–H groups in total. The molecular formula is C9H20N2OS. The van der Waals surface area contributed by atoms with Crippen LogP contribution in [0.25, 0.3) is 0 Å². The van der Waals surface area contributed by atoms with Crippen LogP contribution in [0.3, 0.4) is 0 Å². The van der Waals surface area contributed by atoms with Crippen LogP contribution >= 0.6 is 0 Å². The molecule has 2 unspecified atom stereocenters. The third kappa shape index (κ3) is 4.20. The van der Waals surface area contributed by atoms with Crippen molar-refractivity contribution in [2.45, 2.75) is 19.4 Å². The second-order valence-corrected chi connectivity index (χ2v) is 5.50. The van der Waals surface area contributed by atoms with E-state index in [0.717, 1.165) is 24.6 Å². The Morgan fingerprint density at radius 1 is 1.62 bits per heavy atom. The highest BCUT2D eigenvalue weighted by molar-refractivity contribution is 7.84. The quantitative estimate of drug-likeness (QED) is 0.687. The van der Waals surface area contributed by atoms with E-state index in [-0.39, 0.29) is 0 Å². The molecule has 1 fully saturated rings. The molecular weight excluding hydrogens is 184 g/mol. The van der Waals surface area contributed by atoms with E-state index in [9.17, 15) is 4.21 Å². The van der Waals surface area contributed by atoms with Crippen molar-refractivity contribution in [2.75, 3.05) is 38.2 Å². The average Bonchev–Trinajstić information content (AvgIpc) is 2.51. The Hall–Kier alpha value is 0.0700. The monoisotopic (exact) mass is 204 g/mol. The lowest BCUT2D eigenvalue weighted by molar-refractivity contribution is 0.400. The van der Waals surface area contributed by atoms with Gasteiger partial charge < -0.3 is 10.2 Å². The lowest BCUT2D eigenvalue weighted by atomic mass is 10.3. The van der Waals surface area contributed by atoms with Gasteiger partial charge in [-0.3, -0.25) is 4.21 Å². The van der Waals surface area contributed by atoms with Gasteiger partial charge in [0.2, 0.25) is 0 Å². The fraction of sp³-hybridized carbons (Fsp3) is 1.00. The van der Waals surface area contributed by atoms with Crippen LogP contribution in [0.4, 0.5) is 0 Å². The molecule has 0 aromatic rings. The Morgan fingerprint density at radius 2 is 2.38 bits per heavy atom. The minimum atomic E-state index is -0.612. The van der Waals surface area contributed by atoms with Gasteiger partial charge in [0, 0.05) is 41.4 Å². The molecule has 0 spiro atoms. The molecule has 1 heterocycles. The maximum absolute atomic E-state index is 11.1. The molecule has 1 aliphatic rings. The van der Waals surface area contributed by atoms with Crippen molar-refractivity contribution >= 4 is 10.8 Å². The second-order valence-electron chi connectivity index (χ2n) is 3.63. The predicted molar refractivity (Wildman–Crippen MR) is 57.5 cm³/mol. The van der Waals surface area contributed by atoms with Crippen LogP contribution in [0.2, 0.25) is 0 Å². The first-order chi connectivity index (χ1) is 6.22. The minimum Gasteiger partial charge on any atom is -0.312 e. The molecule has 4 heteroatoms. The first-order valence-corrected chi connectivity index (χ1v) is 6.48. The number of likely N-dealkylation sites (tertiary alicyclic amines) is 1. The lowest BCUT2D eigenvalue weighted by Crippen LogP contribution is -2.34. The SMILES string of the molecule is CCS(=O)CCNC1CCN(C)C1. The highest BCUT2D eigenvalue weighted by Gasteiger charge is 2.18. The van der Waals surface area contributed by atoms with Gasteiger partial charge in [0.05, 0.1) is 0 Å². The molecule has 1 aliphatic heterocycles. The summed E-state index contributed by atoms with van der Waals surface area (Å²) >= 11 is 0. The Balaban J connectivity index is 2.03. The first kappa shape index (κ1) is 11.1. The molecule has 2 atom stereocenters. The summed E-state index contributed by atoms with van der Waals surface area (Å²) in [6.07, 6.45) is 1.23. The topological polar surface area (TPSA) is 32.3 Å². The molecule has 0 radical (unpaired) electrons. The molecule has 1 saturated heterocycles. The zero-order valence-corrected chi connectivity index (χ0v) is 9.40. The highest BCUT2D eigenvalue weighted by Crippen LogP contribution is 2.05. The van der Waals surface area contributed by atoms with Crippen molar-refractivity contribution in [2.24, 2.45) is 0 Å². The van der Waals surface area contributed by atoms with Crippen LogP contribution in [0.5, 0.6) is 0 Å². The number of rotatable bonds is 5. The summed E-state index contributed by atoms with van der Waals surface area (Å²) in [6, 6.07) is 0.624. The van der Waals surface area contributed by atoms with Gasteiger partial charge in [-0.05, 0) is 20.0 Å². The summed E-state index contributed by atoms with van der Waals surface area (Å²) in [7, 11) is 1.53. The van der Waals surface area contributed by atoms with Gasteiger partial charge in [0.1, 0.15) is 0 Å². The molecule has 0 aromatic carbocycles. The van der Waals surface area contributed by atoms with Gasteiger partial charge in [-0.1, -0.05) is 6.92 Å². The van der Waals surface area contributed by atoms with Gasteiger partial charge in [0.15, 0.2) is 0 Å². The van der Waals surface area contributed by atoms with Gasteiger partial charge in [-0.2, -0.15) is 0 Å². The molecule has 0 amide bonds. The lowest BCUT2D eigenvalue weighted by Gasteiger charge is -2.11. The Labute approximate surface area is 83.3 Å². The number of likely N-dealkylation sites (N-methyl/N-ethyl adjacent to an activating group) is 1. The van der Waals surface area contributed by atoms with Gasteiger partial charge in [-0.15, -0.1) is 0 Å². The summed E-state index contributed by atoms with van der Waals surface area (Å²) in [4.78, 5) is 2.33. The normalized spacial score (nSPS) is 26.5. The second kappa shape index (κ2) is 5.73. The third-order valence-corrected chi connectivity index (χ3v) is 3.78. The summed E-state index contributed by atoms with van der Waals surface area (Å²) in [5.74, 6) is 1.59. The molecule has 0 saturated carbocycles. The van der Waals surface area contributed by atoms with Crippen molar-refractivity contribution in [1.29, 1.82) is 0 Å². The predicted octanol–water partition coefficient (Wildman–Crippen LogP) is 0.0487. The van der Waals surface area contributed by atoms with Crippen molar-refractivity contribution in [3.63, 3.8) is 0 Å². The van der Waals surface area contributed by atoms with Crippen LogP contribution in [0.15, 0.2) is 0 Å². The molecule has 13 heavy (non-hydrogen) atoms. The van der Waals surface area contributed by atoms with Crippen LogP contribution in [0, 0.1) is 0 Å². The average molecular weight is 204 g/mol. The minimum absolute atomic E-state index is 0.612. The van der Waals surface area contributed by atoms with Crippen molar-refractivity contribution in [3.05, 3.63) is 0 Å². The van der Waals surface area contributed by atoms with Crippen LogP contribution in [-0.4, -0.2) is 53.3 Å². The van der Waals surface area contributed by atoms with Gasteiger partial charge >= 0.3 is 0 Å². The van der Waals surface area contributed by atoms with E-state index in [2.05, 4.69) is 17.3 Å². The largest absolute Gasteiger partial charge is 0.312 e. The van der Waals surface area contributed by atoms with E-state index >= 15 is 0 Å². The van der Waals surface area contributed by atoms with E-state index < -0.39 is 10.8 Å². The molecule has 0 bridgehead atoms. The zero-order chi connectivity index (χ0) is 9.68. The van der Waals surface area contributed by atoms with E-state index in [1.165, 1.54) is 13.0 Å². The van der Waals surface area contributed by atoms with Crippen molar-refractivity contribution in [1.82, 2.24) is 10.2 Å². The van der Waals surface area contributed by atoms with E-state index in [0.29, 0.717) is 6.04 Å². The molecule has 1 rings (SSSR count). The van der Waals surface area contributed by atoms with E-state index in [1.54, 1.807) is 0 Å². The fourth-order valence-corrected chi connectivity index (χ4v) is 2.26. The molecule has 0 aliphatic carbocycles. The maximum Gasteiger partial charge on any atom is 0.0360 e. The maximum atomic E-state index is 11.1. The van der Waals surface area contributed by atoms with Crippen molar-refractivity contribution in [3.8, 4) is 0 Å². The van der Waals surface area contributed by atoms with Gasteiger partial charge in [0.25, 0.3) is 0 Å². The molecule has 0 aromatic heterocycles. The first-order valence-electron chi connectivity index (χ1n) is 4.99. The zero-order valence-electron chi connectivity index (χ0n) is 8.58. The van der Waals surface area contributed by atoms with Crippen LogP contribution < -0.4 is 5.32 Å². The number of nitrogens with one attached hydrogen (secondary N) is 1. The van der Waals surface area contributed by atoms with Gasteiger partial charge in [-0.25, -0.2) is 0 Å². The van der Waals surface area contributed by atoms with Crippen LogP contribution in [-0.2, 0) is 10.8 Å². The highest BCUT2D eigenvalue weighted by atomic mass is 32.2. The Morgan fingerprint density at radius 3 is 2.92 bits per heavy atom. The van der Waals surface area contributed by atoms with E-state index in [4.69, 9.17) is 0 Å². The smallest absolute Gasteiger partial charge is 0.0360 e. The summed E-state index contributed by atoms with van der Waals surface area (Å²) in [5, 5.41) is 3.44. The summed E-state index contributed by atoms with van der Waals surface area (Å²) < 4.78 is 11.1. The number of hydrogen-bond donors (Lipinski definition) is 1. The molecule has 78 valence electrons. The third-order valence-electron chi connectivity index (χ3n) is 2.48. The summed E-state index contributed by atoms with van der Waals surface area (Å²) in [6.45, 7) is 5.20. The number of hydrogen-bond acceptors (Lipinski definition) is 3. The molecule has 3 nitrogen and oxygen atoms in total. The van der Waals surface area contributed by atoms with E-state index in [1.807, 2.05) is 6.92 Å². The van der Waals surface area contributed by atoms with Crippen molar-refractivity contribution < 1.29 is 4.21 Å². The standard InChI is InChI=1S/C9H20N2OS/c1-3-13(12)7-5-10-9-4-6-11(2)8-9/h9-10H,3-8H2,1-2H3. The number of nitrogens with zero attached hydrogens (tertiary/aromatic N) is 1. The summed E-state index contributed by atoms with van der Waals surface area (Å²) in [5.41, 5.74) is 0. The Bertz CT molecular complexity index is 175. The Kier molecular flexibility index (Phi) is 4.91. The van der Waals surface area contributed by atoms with Crippen LogP contribution in [0.1, 0.15) is 13.3 Å².